The van der Waals surface area contributed by atoms with Crippen LogP contribution in [0.25, 0.3) is 0 Å². The molecule has 2 rings (SSSR count). The molecule has 128 valence electrons. The van der Waals surface area contributed by atoms with E-state index in [4.69, 9.17) is 0 Å². The predicted molar refractivity (Wildman–Crippen MR) is 101 cm³/mol. The highest BCUT2D eigenvalue weighted by Crippen LogP contribution is 2.07. The molecule has 5 nitrogen and oxygen atoms in total. The molecule has 0 aliphatic heterocycles. The van der Waals surface area contributed by atoms with Crippen LogP contribution in [0.5, 0.6) is 0 Å². The molecule has 0 unspecified atom stereocenters. The van der Waals surface area contributed by atoms with Crippen molar-refractivity contribution in [3.8, 4) is 0 Å². The first-order valence-corrected chi connectivity index (χ1v) is 8.86. The molecular formula is C18H24N4OS. The second-order valence-corrected chi connectivity index (χ2v) is 6.48. The first kappa shape index (κ1) is 18.0. The minimum atomic E-state index is -0.00409. The van der Waals surface area contributed by atoms with Crippen LogP contribution >= 0.6 is 11.3 Å². The molecule has 1 aromatic carbocycles. The Morgan fingerprint density at radius 2 is 1.83 bits per heavy atom. The van der Waals surface area contributed by atoms with Crippen LogP contribution in [-0.2, 0) is 6.54 Å². The number of carbonyl (C=O) groups excluding carboxylic acids is 1. The summed E-state index contributed by atoms with van der Waals surface area (Å²) >= 11 is 1.45. The highest BCUT2D eigenvalue weighted by atomic mass is 32.1. The lowest BCUT2D eigenvalue weighted by Crippen LogP contribution is -2.38. The van der Waals surface area contributed by atoms with E-state index in [-0.39, 0.29) is 5.91 Å². The quantitative estimate of drug-likeness (QED) is 0.461. The molecule has 1 heterocycles. The van der Waals surface area contributed by atoms with Crippen LogP contribution < -0.4 is 10.6 Å². The lowest BCUT2D eigenvalue weighted by Gasteiger charge is -2.17. The molecular weight excluding hydrogens is 320 g/mol. The third-order valence-electron chi connectivity index (χ3n) is 3.35. The van der Waals surface area contributed by atoms with Gasteiger partial charge in [-0.15, -0.1) is 11.3 Å². The number of thiophene rings is 1. The van der Waals surface area contributed by atoms with Crippen molar-refractivity contribution < 1.29 is 4.79 Å². The van der Waals surface area contributed by atoms with Gasteiger partial charge in [-0.05, 0) is 23.4 Å². The minimum absolute atomic E-state index is 0.00409. The van der Waals surface area contributed by atoms with Crippen LogP contribution in [0.1, 0.15) is 21.7 Å². The average molecular weight is 344 g/mol. The van der Waals surface area contributed by atoms with Gasteiger partial charge >= 0.3 is 0 Å². The number of carbonyl (C=O) groups is 1. The predicted octanol–water partition coefficient (Wildman–Crippen LogP) is 2.58. The Labute approximate surface area is 147 Å². The van der Waals surface area contributed by atoms with E-state index >= 15 is 0 Å². The summed E-state index contributed by atoms with van der Waals surface area (Å²) in [5.41, 5.74) is 1.18. The molecule has 0 fully saturated rings. The Morgan fingerprint density at radius 3 is 2.50 bits per heavy atom. The molecule has 0 saturated heterocycles. The summed E-state index contributed by atoms with van der Waals surface area (Å²) in [6.45, 7) is 2.05. The summed E-state index contributed by atoms with van der Waals surface area (Å²) in [5.74, 6) is 0.846. The molecule has 0 radical (unpaired) electrons. The van der Waals surface area contributed by atoms with Crippen molar-refractivity contribution >= 4 is 23.2 Å². The Kier molecular flexibility index (Phi) is 7.29. The lowest BCUT2D eigenvalue weighted by molar-refractivity contribution is 0.0957. The van der Waals surface area contributed by atoms with Gasteiger partial charge in [0, 0.05) is 27.2 Å². The zero-order valence-electron chi connectivity index (χ0n) is 14.2. The SMILES string of the molecule is CN(C)C(=NCc1ccccc1)NCCCNC(=O)c1cccs1. The van der Waals surface area contributed by atoms with Crippen molar-refractivity contribution in [1.29, 1.82) is 0 Å². The molecule has 2 N–H and O–H groups in total. The first-order valence-electron chi connectivity index (χ1n) is 7.98. The average Bonchev–Trinajstić information content (AvgIpc) is 3.12. The third-order valence-corrected chi connectivity index (χ3v) is 4.21. The maximum absolute atomic E-state index is 11.8. The highest BCUT2D eigenvalue weighted by molar-refractivity contribution is 7.12. The maximum Gasteiger partial charge on any atom is 0.261 e. The Morgan fingerprint density at radius 1 is 1.08 bits per heavy atom. The van der Waals surface area contributed by atoms with Gasteiger partial charge in [0.15, 0.2) is 5.96 Å². The number of rotatable bonds is 7. The zero-order valence-corrected chi connectivity index (χ0v) is 15.0. The van der Waals surface area contributed by atoms with Gasteiger partial charge in [0.2, 0.25) is 0 Å². The Hall–Kier alpha value is -2.34. The van der Waals surface area contributed by atoms with Crippen LogP contribution in [0.3, 0.4) is 0 Å². The summed E-state index contributed by atoms with van der Waals surface area (Å²) < 4.78 is 0. The fourth-order valence-electron chi connectivity index (χ4n) is 2.09. The highest BCUT2D eigenvalue weighted by Gasteiger charge is 2.05. The van der Waals surface area contributed by atoms with Gasteiger partial charge in [-0.25, -0.2) is 4.99 Å². The second kappa shape index (κ2) is 9.72. The molecule has 0 aliphatic rings. The van der Waals surface area contributed by atoms with Gasteiger partial charge in [-0.1, -0.05) is 36.4 Å². The van der Waals surface area contributed by atoms with Gasteiger partial charge in [0.05, 0.1) is 11.4 Å². The van der Waals surface area contributed by atoms with E-state index in [9.17, 15) is 4.79 Å². The van der Waals surface area contributed by atoms with Crippen molar-refractivity contribution in [3.63, 3.8) is 0 Å². The molecule has 0 bridgehead atoms. The molecule has 0 saturated carbocycles. The Bertz CT molecular complexity index is 638. The number of amides is 1. The number of aliphatic imine (C=N–C) groups is 1. The summed E-state index contributed by atoms with van der Waals surface area (Å²) in [6, 6.07) is 13.9. The van der Waals surface area contributed by atoms with E-state index in [1.165, 1.54) is 16.9 Å². The van der Waals surface area contributed by atoms with Gasteiger partial charge < -0.3 is 15.5 Å². The van der Waals surface area contributed by atoms with Gasteiger partial charge in [-0.3, -0.25) is 4.79 Å². The summed E-state index contributed by atoms with van der Waals surface area (Å²) in [5, 5.41) is 8.15. The summed E-state index contributed by atoms with van der Waals surface area (Å²) in [7, 11) is 3.94. The number of hydrogen-bond donors (Lipinski definition) is 2. The molecule has 0 aliphatic carbocycles. The molecule has 1 amide bonds. The van der Waals surface area contributed by atoms with E-state index in [0.717, 1.165) is 23.8 Å². The number of guanidine groups is 1. The standard InChI is InChI=1S/C18H24N4OS/c1-22(2)18(21-14-15-8-4-3-5-9-15)20-12-7-11-19-17(23)16-10-6-13-24-16/h3-6,8-10,13H,7,11-12,14H2,1-2H3,(H,19,23)(H,20,21). The number of nitrogens with one attached hydrogen (secondary N) is 2. The minimum Gasteiger partial charge on any atom is -0.356 e. The monoisotopic (exact) mass is 344 g/mol. The van der Waals surface area contributed by atoms with Gasteiger partial charge in [0.25, 0.3) is 5.91 Å². The fourth-order valence-corrected chi connectivity index (χ4v) is 2.73. The van der Waals surface area contributed by atoms with Crippen molar-refractivity contribution in [2.45, 2.75) is 13.0 Å². The molecule has 1 aromatic heterocycles. The number of benzene rings is 1. The van der Waals surface area contributed by atoms with Crippen molar-refractivity contribution in [1.82, 2.24) is 15.5 Å². The second-order valence-electron chi connectivity index (χ2n) is 5.53. The van der Waals surface area contributed by atoms with Crippen molar-refractivity contribution in [3.05, 3.63) is 58.3 Å². The van der Waals surface area contributed by atoms with E-state index in [1.807, 2.05) is 54.7 Å². The first-order chi connectivity index (χ1) is 11.7. The molecule has 24 heavy (non-hydrogen) atoms. The van der Waals surface area contributed by atoms with Crippen LogP contribution in [0.2, 0.25) is 0 Å². The van der Waals surface area contributed by atoms with Gasteiger partial charge in [0.1, 0.15) is 0 Å². The lowest BCUT2D eigenvalue weighted by atomic mass is 10.2. The topological polar surface area (TPSA) is 56.7 Å². The smallest absolute Gasteiger partial charge is 0.261 e. The molecule has 2 aromatic rings. The van der Waals surface area contributed by atoms with Gasteiger partial charge in [-0.2, -0.15) is 0 Å². The molecule has 0 spiro atoms. The van der Waals surface area contributed by atoms with E-state index in [2.05, 4.69) is 27.8 Å². The van der Waals surface area contributed by atoms with Crippen LogP contribution in [0.4, 0.5) is 0 Å². The van der Waals surface area contributed by atoms with Crippen LogP contribution in [0, 0.1) is 0 Å². The summed E-state index contributed by atoms with van der Waals surface area (Å²) in [6.07, 6.45) is 0.843. The van der Waals surface area contributed by atoms with E-state index < -0.39 is 0 Å². The normalized spacial score (nSPS) is 11.2. The summed E-state index contributed by atoms with van der Waals surface area (Å²) in [4.78, 5) is 19.1. The van der Waals surface area contributed by atoms with Crippen LogP contribution in [-0.4, -0.2) is 44.0 Å². The van der Waals surface area contributed by atoms with Crippen molar-refractivity contribution in [2.75, 3.05) is 27.2 Å². The largest absolute Gasteiger partial charge is 0.356 e. The van der Waals surface area contributed by atoms with Crippen molar-refractivity contribution in [2.24, 2.45) is 4.99 Å². The Balaban J connectivity index is 1.70. The maximum atomic E-state index is 11.8. The molecule has 6 heteroatoms. The fraction of sp³-hybridized carbons (Fsp3) is 0.333. The number of nitrogens with zero attached hydrogens (tertiary/aromatic N) is 2. The van der Waals surface area contributed by atoms with E-state index in [1.54, 1.807) is 0 Å². The molecule has 0 atom stereocenters. The zero-order chi connectivity index (χ0) is 17.2. The van der Waals surface area contributed by atoms with E-state index in [0.29, 0.717) is 13.1 Å². The third kappa shape index (κ3) is 6.04. The van der Waals surface area contributed by atoms with Crippen LogP contribution in [0.15, 0.2) is 52.8 Å². The number of hydrogen-bond acceptors (Lipinski definition) is 3.